The molecule has 1 heterocycles. The van der Waals surface area contributed by atoms with Crippen LogP contribution in [0.15, 0.2) is 54.2 Å². The molecule has 0 unspecified atom stereocenters. The largest absolute Gasteiger partial charge is 0.508 e. The third-order valence-corrected chi connectivity index (χ3v) is 3.63. The van der Waals surface area contributed by atoms with Gasteiger partial charge in [-0.15, -0.1) is 0 Å². The second-order valence-corrected chi connectivity index (χ2v) is 5.46. The Morgan fingerprint density at radius 1 is 1.04 bits per heavy atom. The van der Waals surface area contributed by atoms with Crippen molar-refractivity contribution in [3.05, 3.63) is 70.9 Å². The van der Waals surface area contributed by atoms with E-state index < -0.39 is 6.03 Å². The first kappa shape index (κ1) is 14.8. The molecule has 1 fully saturated rings. The molecule has 0 atom stereocenters. The number of phenols is 1. The van der Waals surface area contributed by atoms with Crippen LogP contribution in [0, 0.1) is 6.92 Å². The van der Waals surface area contributed by atoms with E-state index in [-0.39, 0.29) is 23.9 Å². The molecule has 5 heteroatoms. The molecule has 2 aromatic rings. The van der Waals surface area contributed by atoms with E-state index in [9.17, 15) is 14.7 Å². The predicted octanol–water partition coefficient (Wildman–Crippen LogP) is 2.79. The molecule has 1 aliphatic heterocycles. The van der Waals surface area contributed by atoms with Crippen molar-refractivity contribution >= 4 is 18.0 Å². The quantitative estimate of drug-likeness (QED) is 0.676. The van der Waals surface area contributed by atoms with Gasteiger partial charge in [0.15, 0.2) is 0 Å². The number of phenolic OH excluding ortho intramolecular Hbond substituents is 1. The number of hydrogen-bond donors (Lipinski definition) is 2. The molecule has 0 saturated carbocycles. The second kappa shape index (κ2) is 5.96. The maximum atomic E-state index is 12.4. The van der Waals surface area contributed by atoms with Crippen molar-refractivity contribution in [1.29, 1.82) is 0 Å². The number of imide groups is 1. The van der Waals surface area contributed by atoms with Gasteiger partial charge in [-0.05, 0) is 36.3 Å². The van der Waals surface area contributed by atoms with E-state index in [0.717, 1.165) is 16.7 Å². The Bertz CT molecular complexity index is 777. The lowest BCUT2D eigenvalue weighted by Crippen LogP contribution is -2.30. The van der Waals surface area contributed by atoms with Gasteiger partial charge >= 0.3 is 6.03 Å². The van der Waals surface area contributed by atoms with Gasteiger partial charge in [-0.3, -0.25) is 9.69 Å². The van der Waals surface area contributed by atoms with Gasteiger partial charge in [-0.1, -0.05) is 42.0 Å². The fourth-order valence-electron chi connectivity index (χ4n) is 2.33. The summed E-state index contributed by atoms with van der Waals surface area (Å²) in [5, 5.41) is 11.9. The minimum atomic E-state index is -0.430. The van der Waals surface area contributed by atoms with Crippen LogP contribution in [-0.2, 0) is 11.3 Å². The third-order valence-electron chi connectivity index (χ3n) is 3.63. The van der Waals surface area contributed by atoms with Crippen LogP contribution in [-0.4, -0.2) is 21.9 Å². The molecule has 23 heavy (non-hydrogen) atoms. The van der Waals surface area contributed by atoms with E-state index in [4.69, 9.17) is 0 Å². The normalized spacial score (nSPS) is 16.0. The maximum absolute atomic E-state index is 12.4. The number of aryl methyl sites for hydroxylation is 1. The fourth-order valence-corrected chi connectivity index (χ4v) is 2.33. The second-order valence-electron chi connectivity index (χ2n) is 5.46. The number of carbonyl (C=O) groups is 2. The lowest BCUT2D eigenvalue weighted by molar-refractivity contribution is -0.123. The lowest BCUT2D eigenvalue weighted by Gasteiger charge is -2.11. The van der Waals surface area contributed by atoms with Crippen LogP contribution in [0.4, 0.5) is 4.79 Å². The van der Waals surface area contributed by atoms with E-state index in [0.29, 0.717) is 0 Å². The SMILES string of the molecule is Cc1ccc(CN2C(=O)N/C(=C/c3ccc(O)cc3)C2=O)cc1. The molecule has 2 N–H and O–H groups in total. The van der Waals surface area contributed by atoms with Crippen molar-refractivity contribution in [3.8, 4) is 5.75 Å². The summed E-state index contributed by atoms with van der Waals surface area (Å²) in [7, 11) is 0. The van der Waals surface area contributed by atoms with Crippen LogP contribution in [0.25, 0.3) is 6.08 Å². The summed E-state index contributed by atoms with van der Waals surface area (Å²) < 4.78 is 0. The fraction of sp³-hybridized carbons (Fsp3) is 0.111. The molecular weight excluding hydrogens is 292 g/mol. The number of amides is 3. The summed E-state index contributed by atoms with van der Waals surface area (Å²) in [5.41, 5.74) is 2.97. The number of carbonyl (C=O) groups excluding carboxylic acids is 2. The summed E-state index contributed by atoms with van der Waals surface area (Å²) in [5.74, 6) is -0.210. The maximum Gasteiger partial charge on any atom is 0.329 e. The number of aromatic hydroxyl groups is 1. The summed E-state index contributed by atoms with van der Waals surface area (Å²) in [4.78, 5) is 25.6. The molecule has 1 aliphatic rings. The minimum Gasteiger partial charge on any atom is -0.508 e. The van der Waals surface area contributed by atoms with Gasteiger partial charge in [0, 0.05) is 0 Å². The van der Waals surface area contributed by atoms with Gasteiger partial charge in [0.1, 0.15) is 11.4 Å². The summed E-state index contributed by atoms with van der Waals surface area (Å²) in [6.45, 7) is 2.22. The summed E-state index contributed by atoms with van der Waals surface area (Å²) in [6.07, 6.45) is 1.59. The molecule has 116 valence electrons. The van der Waals surface area contributed by atoms with Gasteiger partial charge in [0.05, 0.1) is 6.54 Å². The first-order valence-corrected chi connectivity index (χ1v) is 7.22. The van der Waals surface area contributed by atoms with Crippen molar-refractivity contribution in [2.24, 2.45) is 0 Å². The number of benzene rings is 2. The molecule has 3 amide bonds. The van der Waals surface area contributed by atoms with E-state index in [1.54, 1.807) is 18.2 Å². The smallest absolute Gasteiger partial charge is 0.329 e. The highest BCUT2D eigenvalue weighted by Crippen LogP contribution is 2.18. The van der Waals surface area contributed by atoms with Crippen LogP contribution in [0.5, 0.6) is 5.75 Å². The van der Waals surface area contributed by atoms with Crippen molar-refractivity contribution in [2.75, 3.05) is 0 Å². The molecule has 2 aromatic carbocycles. The number of urea groups is 1. The summed E-state index contributed by atoms with van der Waals surface area (Å²) in [6, 6.07) is 13.7. The van der Waals surface area contributed by atoms with Crippen molar-refractivity contribution in [3.63, 3.8) is 0 Å². The molecule has 0 aromatic heterocycles. The zero-order valence-electron chi connectivity index (χ0n) is 12.6. The highest BCUT2D eigenvalue weighted by Gasteiger charge is 2.33. The average molecular weight is 308 g/mol. The molecule has 5 nitrogen and oxygen atoms in total. The van der Waals surface area contributed by atoms with Gasteiger partial charge < -0.3 is 10.4 Å². The Hall–Kier alpha value is -3.08. The van der Waals surface area contributed by atoms with Crippen LogP contribution >= 0.6 is 0 Å². The number of nitrogens with one attached hydrogen (secondary N) is 1. The molecule has 0 aliphatic carbocycles. The van der Waals surface area contributed by atoms with Gasteiger partial charge in [0.2, 0.25) is 0 Å². The van der Waals surface area contributed by atoms with Gasteiger partial charge in [-0.25, -0.2) is 4.79 Å². The number of nitrogens with zero attached hydrogens (tertiary/aromatic N) is 1. The Kier molecular flexibility index (Phi) is 3.85. The van der Waals surface area contributed by atoms with E-state index in [2.05, 4.69) is 5.32 Å². The van der Waals surface area contributed by atoms with Crippen LogP contribution < -0.4 is 5.32 Å². The molecule has 0 spiro atoms. The first-order chi connectivity index (χ1) is 11.0. The van der Waals surface area contributed by atoms with Crippen LogP contribution in [0.2, 0.25) is 0 Å². The third kappa shape index (κ3) is 3.23. The monoisotopic (exact) mass is 308 g/mol. The van der Waals surface area contributed by atoms with Gasteiger partial charge in [-0.2, -0.15) is 0 Å². The molecular formula is C18H16N2O3. The Morgan fingerprint density at radius 3 is 2.35 bits per heavy atom. The Labute approximate surface area is 133 Å². The molecule has 3 rings (SSSR count). The highest BCUT2D eigenvalue weighted by atomic mass is 16.3. The molecule has 0 radical (unpaired) electrons. The first-order valence-electron chi connectivity index (χ1n) is 7.22. The van der Waals surface area contributed by atoms with Crippen molar-refractivity contribution in [2.45, 2.75) is 13.5 Å². The molecule has 0 bridgehead atoms. The van der Waals surface area contributed by atoms with Crippen molar-refractivity contribution < 1.29 is 14.7 Å². The lowest BCUT2D eigenvalue weighted by atomic mass is 10.1. The topological polar surface area (TPSA) is 69.6 Å². The number of rotatable bonds is 3. The predicted molar refractivity (Wildman–Crippen MR) is 86.3 cm³/mol. The highest BCUT2D eigenvalue weighted by molar-refractivity contribution is 6.13. The van der Waals surface area contributed by atoms with E-state index in [1.165, 1.54) is 17.0 Å². The minimum absolute atomic E-state index is 0.148. The molecule has 1 saturated heterocycles. The zero-order chi connectivity index (χ0) is 16.4. The van der Waals surface area contributed by atoms with E-state index in [1.807, 2.05) is 31.2 Å². The van der Waals surface area contributed by atoms with Crippen molar-refractivity contribution in [1.82, 2.24) is 10.2 Å². The zero-order valence-corrected chi connectivity index (χ0v) is 12.6. The Balaban J connectivity index is 1.79. The van der Waals surface area contributed by atoms with E-state index >= 15 is 0 Å². The average Bonchev–Trinajstić information content (AvgIpc) is 2.79. The Morgan fingerprint density at radius 2 is 1.70 bits per heavy atom. The van der Waals surface area contributed by atoms with Crippen LogP contribution in [0.1, 0.15) is 16.7 Å². The van der Waals surface area contributed by atoms with Crippen LogP contribution in [0.3, 0.4) is 0 Å². The van der Waals surface area contributed by atoms with Gasteiger partial charge in [0.25, 0.3) is 5.91 Å². The number of hydrogen-bond acceptors (Lipinski definition) is 3. The summed E-state index contributed by atoms with van der Waals surface area (Å²) >= 11 is 0. The standard InChI is InChI=1S/C18H16N2O3/c1-12-2-4-14(5-3-12)11-20-17(22)16(19-18(20)23)10-13-6-8-15(21)9-7-13/h2-10,21H,11H2,1H3,(H,19,23)/b16-10+.